The summed E-state index contributed by atoms with van der Waals surface area (Å²) in [5.41, 5.74) is 0.848. The summed E-state index contributed by atoms with van der Waals surface area (Å²) < 4.78 is 6.82. The van der Waals surface area contributed by atoms with Gasteiger partial charge in [-0.1, -0.05) is 12.1 Å². The number of hydrogen-bond donors (Lipinski definition) is 2. The van der Waals surface area contributed by atoms with Crippen LogP contribution in [0.15, 0.2) is 18.6 Å². The predicted molar refractivity (Wildman–Crippen MR) is 93.9 cm³/mol. The van der Waals surface area contributed by atoms with Gasteiger partial charge in [0.15, 0.2) is 0 Å². The number of aromatic nitrogens is 5. The molecule has 0 saturated heterocycles. The predicted octanol–water partition coefficient (Wildman–Crippen LogP) is 1.84. The normalized spacial score (nSPS) is 12.5. The first-order valence-corrected chi connectivity index (χ1v) is 8.12. The standard InChI is InChI=1S/C16H25N7O2/c1-11(7-20-15(24)25-16(2,3)4)6-18-14-9-17-12(8-19-14)13-10-23(5)22-21-13/h8-11H,6-7H2,1-5H3,(H,18,19)(H,20,24). The van der Waals surface area contributed by atoms with Crippen molar-refractivity contribution in [3.8, 4) is 11.4 Å². The Kier molecular flexibility index (Phi) is 5.89. The highest BCUT2D eigenvalue weighted by Crippen LogP contribution is 2.13. The number of anilines is 1. The van der Waals surface area contributed by atoms with E-state index in [-0.39, 0.29) is 5.92 Å². The van der Waals surface area contributed by atoms with Gasteiger partial charge in [-0.15, -0.1) is 5.10 Å². The summed E-state index contributed by atoms with van der Waals surface area (Å²) in [6.45, 7) is 8.68. The topological polar surface area (TPSA) is 107 Å². The lowest BCUT2D eigenvalue weighted by Crippen LogP contribution is -2.36. The van der Waals surface area contributed by atoms with Crippen molar-refractivity contribution >= 4 is 11.9 Å². The van der Waals surface area contributed by atoms with Gasteiger partial charge in [0, 0.05) is 20.1 Å². The van der Waals surface area contributed by atoms with E-state index in [2.05, 4.69) is 30.9 Å². The van der Waals surface area contributed by atoms with Gasteiger partial charge in [-0.3, -0.25) is 4.68 Å². The van der Waals surface area contributed by atoms with Gasteiger partial charge < -0.3 is 15.4 Å². The molecule has 2 heterocycles. The number of ether oxygens (including phenoxy) is 1. The zero-order valence-corrected chi connectivity index (χ0v) is 15.3. The smallest absolute Gasteiger partial charge is 0.407 e. The number of aryl methyl sites for hydroxylation is 1. The monoisotopic (exact) mass is 347 g/mol. The van der Waals surface area contributed by atoms with E-state index in [4.69, 9.17) is 4.74 Å². The van der Waals surface area contributed by atoms with Gasteiger partial charge in [0.25, 0.3) is 0 Å². The van der Waals surface area contributed by atoms with Crippen molar-refractivity contribution in [2.24, 2.45) is 13.0 Å². The minimum atomic E-state index is -0.494. The van der Waals surface area contributed by atoms with Crippen LogP contribution in [0.2, 0.25) is 0 Å². The molecule has 0 aliphatic heterocycles. The molecule has 0 saturated carbocycles. The van der Waals surface area contributed by atoms with Gasteiger partial charge in [-0.05, 0) is 26.7 Å². The van der Waals surface area contributed by atoms with Crippen LogP contribution in [0, 0.1) is 5.92 Å². The van der Waals surface area contributed by atoms with Crippen molar-refractivity contribution in [1.82, 2.24) is 30.3 Å². The maximum Gasteiger partial charge on any atom is 0.407 e. The molecular weight excluding hydrogens is 322 g/mol. The van der Waals surface area contributed by atoms with Gasteiger partial charge >= 0.3 is 6.09 Å². The summed E-state index contributed by atoms with van der Waals surface area (Å²) in [6.07, 6.45) is 4.67. The Morgan fingerprint density at radius 3 is 2.56 bits per heavy atom. The summed E-state index contributed by atoms with van der Waals surface area (Å²) in [4.78, 5) is 20.3. The largest absolute Gasteiger partial charge is 0.444 e. The Balaban J connectivity index is 1.76. The van der Waals surface area contributed by atoms with Crippen molar-refractivity contribution in [2.75, 3.05) is 18.4 Å². The van der Waals surface area contributed by atoms with Crippen LogP contribution >= 0.6 is 0 Å². The first-order chi connectivity index (χ1) is 11.7. The third-order valence-electron chi connectivity index (χ3n) is 3.14. The lowest BCUT2D eigenvalue weighted by atomic mass is 10.2. The van der Waals surface area contributed by atoms with E-state index in [0.717, 1.165) is 0 Å². The summed E-state index contributed by atoms with van der Waals surface area (Å²) in [5.74, 6) is 0.866. The number of amides is 1. The van der Waals surface area contributed by atoms with Crippen molar-refractivity contribution in [3.05, 3.63) is 18.6 Å². The van der Waals surface area contributed by atoms with Crippen LogP contribution in [0.3, 0.4) is 0 Å². The highest BCUT2D eigenvalue weighted by molar-refractivity contribution is 5.67. The summed E-state index contributed by atoms with van der Waals surface area (Å²) >= 11 is 0. The fraction of sp³-hybridized carbons (Fsp3) is 0.562. The minimum Gasteiger partial charge on any atom is -0.444 e. The van der Waals surface area contributed by atoms with Crippen molar-refractivity contribution in [2.45, 2.75) is 33.3 Å². The van der Waals surface area contributed by atoms with Crippen LogP contribution < -0.4 is 10.6 Å². The SMILES string of the molecule is CC(CNC(=O)OC(C)(C)C)CNc1cnc(-c2cn(C)nn2)cn1. The summed E-state index contributed by atoms with van der Waals surface area (Å²) in [5, 5.41) is 13.8. The van der Waals surface area contributed by atoms with Gasteiger partial charge in [-0.25, -0.2) is 14.8 Å². The fourth-order valence-electron chi connectivity index (χ4n) is 1.94. The molecule has 0 aliphatic carbocycles. The third-order valence-corrected chi connectivity index (χ3v) is 3.14. The molecule has 25 heavy (non-hydrogen) atoms. The summed E-state index contributed by atoms with van der Waals surface area (Å²) in [7, 11) is 1.80. The van der Waals surface area contributed by atoms with E-state index in [0.29, 0.717) is 30.3 Å². The number of nitrogens with one attached hydrogen (secondary N) is 2. The maximum atomic E-state index is 11.6. The molecule has 2 aromatic heterocycles. The van der Waals surface area contributed by atoms with Gasteiger partial charge in [0.2, 0.25) is 0 Å². The molecule has 2 aromatic rings. The van der Waals surface area contributed by atoms with E-state index in [1.807, 2.05) is 27.7 Å². The molecule has 1 atom stereocenters. The number of carbonyl (C=O) groups excluding carboxylic acids is 1. The quantitative estimate of drug-likeness (QED) is 0.821. The second-order valence-electron chi connectivity index (χ2n) is 6.93. The van der Waals surface area contributed by atoms with Gasteiger partial charge in [0.05, 0.1) is 18.6 Å². The van der Waals surface area contributed by atoms with E-state index < -0.39 is 11.7 Å². The average Bonchev–Trinajstić information content (AvgIpc) is 2.96. The number of alkyl carbamates (subject to hydrolysis) is 1. The van der Waals surface area contributed by atoms with Crippen molar-refractivity contribution < 1.29 is 9.53 Å². The van der Waals surface area contributed by atoms with Crippen LogP contribution in [0.1, 0.15) is 27.7 Å². The summed E-state index contributed by atoms with van der Waals surface area (Å²) in [6, 6.07) is 0. The molecule has 0 fully saturated rings. The molecule has 0 aliphatic rings. The van der Waals surface area contributed by atoms with Crippen LogP contribution in [0.5, 0.6) is 0 Å². The van der Waals surface area contributed by atoms with E-state index in [1.54, 1.807) is 30.3 Å². The molecule has 0 radical (unpaired) electrons. The van der Waals surface area contributed by atoms with Crippen LogP contribution in [0.4, 0.5) is 10.6 Å². The molecule has 1 amide bonds. The molecule has 9 heteroatoms. The van der Waals surface area contributed by atoms with Gasteiger partial charge in [-0.2, -0.15) is 0 Å². The zero-order chi connectivity index (χ0) is 18.4. The molecule has 9 nitrogen and oxygen atoms in total. The Morgan fingerprint density at radius 1 is 1.24 bits per heavy atom. The highest BCUT2D eigenvalue weighted by atomic mass is 16.6. The highest BCUT2D eigenvalue weighted by Gasteiger charge is 2.16. The van der Waals surface area contributed by atoms with Crippen molar-refractivity contribution in [1.29, 1.82) is 0 Å². The van der Waals surface area contributed by atoms with Gasteiger partial charge in [0.1, 0.15) is 22.8 Å². The first-order valence-electron chi connectivity index (χ1n) is 8.12. The Labute approximate surface area is 147 Å². The average molecular weight is 347 g/mol. The Hall–Kier alpha value is -2.71. The van der Waals surface area contributed by atoms with E-state index in [1.165, 1.54) is 0 Å². The number of rotatable bonds is 6. The molecule has 0 aromatic carbocycles. The molecule has 2 rings (SSSR count). The van der Waals surface area contributed by atoms with E-state index >= 15 is 0 Å². The van der Waals surface area contributed by atoms with Crippen LogP contribution in [-0.4, -0.2) is 49.7 Å². The molecule has 2 N–H and O–H groups in total. The number of carbonyl (C=O) groups is 1. The molecule has 0 spiro atoms. The van der Waals surface area contributed by atoms with E-state index in [9.17, 15) is 4.79 Å². The third kappa shape index (κ3) is 6.36. The zero-order valence-electron chi connectivity index (χ0n) is 15.3. The minimum absolute atomic E-state index is 0.203. The number of nitrogens with zero attached hydrogens (tertiary/aromatic N) is 5. The fourth-order valence-corrected chi connectivity index (χ4v) is 1.94. The lowest BCUT2D eigenvalue weighted by molar-refractivity contribution is 0.0521. The first kappa shape index (κ1) is 18.6. The molecule has 136 valence electrons. The van der Waals surface area contributed by atoms with Crippen LogP contribution in [0.25, 0.3) is 11.4 Å². The molecule has 0 bridgehead atoms. The maximum absolute atomic E-state index is 11.6. The second-order valence-corrected chi connectivity index (χ2v) is 6.93. The Bertz CT molecular complexity index is 691. The molecular formula is C16H25N7O2. The van der Waals surface area contributed by atoms with Crippen molar-refractivity contribution in [3.63, 3.8) is 0 Å². The lowest BCUT2D eigenvalue weighted by Gasteiger charge is -2.21. The number of hydrogen-bond acceptors (Lipinski definition) is 7. The Morgan fingerprint density at radius 2 is 2.00 bits per heavy atom. The second kappa shape index (κ2) is 7.91. The molecule has 1 unspecified atom stereocenters. The van der Waals surface area contributed by atoms with Crippen LogP contribution in [-0.2, 0) is 11.8 Å².